The van der Waals surface area contributed by atoms with Crippen molar-refractivity contribution in [3.05, 3.63) is 28.8 Å². The topological polar surface area (TPSA) is 84.2 Å². The highest BCUT2D eigenvalue weighted by atomic mass is 35.5. The fourth-order valence-electron chi connectivity index (χ4n) is 2.00. The highest BCUT2D eigenvalue weighted by Gasteiger charge is 2.32. The van der Waals surface area contributed by atoms with Gasteiger partial charge in [0, 0.05) is 10.7 Å². The van der Waals surface area contributed by atoms with Crippen molar-refractivity contribution in [1.82, 2.24) is 5.32 Å². The van der Waals surface area contributed by atoms with E-state index in [-0.39, 0.29) is 5.91 Å². The van der Waals surface area contributed by atoms with Crippen LogP contribution in [-0.2, 0) is 9.59 Å². The number of hydrogen-bond acceptors (Lipinski definition) is 3. The highest BCUT2D eigenvalue weighted by Crippen LogP contribution is 2.21. The zero-order valence-electron chi connectivity index (χ0n) is 12.4. The Morgan fingerprint density at radius 2 is 2.14 bits per heavy atom. The third-order valence-electron chi connectivity index (χ3n) is 3.43. The number of benzene rings is 1. The minimum atomic E-state index is -0.954. The van der Waals surface area contributed by atoms with Crippen molar-refractivity contribution in [2.45, 2.75) is 38.6 Å². The lowest BCUT2D eigenvalue weighted by Gasteiger charge is -2.27. The molecule has 1 aromatic rings. The summed E-state index contributed by atoms with van der Waals surface area (Å²) in [7, 11) is 0. The van der Waals surface area contributed by atoms with Crippen LogP contribution >= 0.6 is 11.6 Å². The number of nitrogens with two attached hydrogens (primary N) is 1. The predicted molar refractivity (Wildman–Crippen MR) is 85.3 cm³/mol. The summed E-state index contributed by atoms with van der Waals surface area (Å²) in [4.78, 5) is 23.2. The summed E-state index contributed by atoms with van der Waals surface area (Å²) in [6.45, 7) is 4.13. The molecule has 0 radical (unpaired) electrons. The Balaban J connectivity index is 2.79. The van der Waals surface area contributed by atoms with Crippen LogP contribution in [0.5, 0.6) is 0 Å². The maximum absolute atomic E-state index is 12.4. The maximum atomic E-state index is 12.4. The molecule has 1 rings (SSSR count). The number of rotatable bonds is 8. The average Bonchev–Trinajstić information content (AvgIpc) is 2.43. The number of carbonyl (C=O) groups excluding carboxylic acids is 2. The fraction of sp³-hybridized carbons (Fsp3) is 0.467. The second-order valence-corrected chi connectivity index (χ2v) is 5.67. The summed E-state index contributed by atoms with van der Waals surface area (Å²) in [5.74, 6) is -0.256. The molecule has 0 aliphatic heterocycles. The number of nitrogens with one attached hydrogen (secondary N) is 2. The van der Waals surface area contributed by atoms with Crippen LogP contribution in [-0.4, -0.2) is 24.4 Å². The molecule has 0 saturated heterocycles. The van der Waals surface area contributed by atoms with E-state index in [9.17, 15) is 9.59 Å². The van der Waals surface area contributed by atoms with E-state index in [1.54, 1.807) is 25.1 Å². The molecule has 1 atom stereocenters. The predicted octanol–water partition coefficient (Wildman–Crippen LogP) is 2.22. The lowest BCUT2D eigenvalue weighted by atomic mass is 9.93. The van der Waals surface area contributed by atoms with Gasteiger partial charge in [-0.15, -0.1) is 0 Å². The number of carbonyl (C=O) groups is 2. The van der Waals surface area contributed by atoms with Crippen molar-refractivity contribution in [1.29, 1.82) is 0 Å². The molecule has 6 heteroatoms. The minimum absolute atomic E-state index is 0.256. The summed E-state index contributed by atoms with van der Waals surface area (Å²) in [6, 6.07) is 5.25. The second-order valence-electron chi connectivity index (χ2n) is 5.26. The monoisotopic (exact) mass is 311 g/mol. The first-order valence-corrected chi connectivity index (χ1v) is 7.30. The lowest BCUT2D eigenvalue weighted by Crippen LogP contribution is -2.51. The van der Waals surface area contributed by atoms with Gasteiger partial charge >= 0.3 is 0 Å². The fourth-order valence-corrected chi connectivity index (χ4v) is 2.11. The number of anilines is 1. The number of halogens is 1. The van der Waals surface area contributed by atoms with E-state index < -0.39 is 5.54 Å². The van der Waals surface area contributed by atoms with E-state index in [1.807, 2.05) is 6.92 Å². The van der Waals surface area contributed by atoms with Crippen molar-refractivity contribution in [2.24, 2.45) is 5.73 Å². The summed E-state index contributed by atoms with van der Waals surface area (Å²) in [6.07, 6.45) is 2.65. The van der Waals surface area contributed by atoms with Gasteiger partial charge in [0.15, 0.2) is 0 Å². The molecule has 0 bridgehead atoms. The molecule has 116 valence electrons. The van der Waals surface area contributed by atoms with Gasteiger partial charge in [0.25, 0.3) is 0 Å². The van der Waals surface area contributed by atoms with Crippen LogP contribution in [0.3, 0.4) is 0 Å². The van der Waals surface area contributed by atoms with Crippen LogP contribution in [0.1, 0.15) is 31.7 Å². The van der Waals surface area contributed by atoms with Gasteiger partial charge in [0.05, 0.1) is 0 Å². The van der Waals surface area contributed by atoms with Crippen molar-refractivity contribution in [2.75, 3.05) is 11.9 Å². The molecule has 4 N–H and O–H groups in total. The van der Waals surface area contributed by atoms with Gasteiger partial charge in [-0.2, -0.15) is 0 Å². The molecule has 0 aliphatic carbocycles. The molecular weight excluding hydrogens is 290 g/mol. The quantitative estimate of drug-likeness (QED) is 0.508. The van der Waals surface area contributed by atoms with Crippen LogP contribution in [0.25, 0.3) is 0 Å². The van der Waals surface area contributed by atoms with Gasteiger partial charge in [-0.25, -0.2) is 0 Å². The maximum Gasteiger partial charge on any atom is 0.249 e. The molecule has 1 unspecified atom stereocenters. The minimum Gasteiger partial charge on any atom is -0.345 e. The third kappa shape index (κ3) is 5.02. The number of amides is 2. The Morgan fingerprint density at radius 3 is 2.71 bits per heavy atom. The Bertz CT molecular complexity index is 508. The van der Waals surface area contributed by atoms with E-state index in [0.29, 0.717) is 30.1 Å². The molecule has 5 nitrogen and oxygen atoms in total. The van der Waals surface area contributed by atoms with Crippen LogP contribution in [0.4, 0.5) is 5.69 Å². The zero-order valence-corrected chi connectivity index (χ0v) is 13.2. The summed E-state index contributed by atoms with van der Waals surface area (Å²) in [5, 5.41) is 6.06. The van der Waals surface area contributed by atoms with Gasteiger partial charge in [0.2, 0.25) is 12.3 Å². The molecule has 0 saturated carbocycles. The molecule has 1 aromatic carbocycles. The molecule has 2 amide bonds. The summed E-state index contributed by atoms with van der Waals surface area (Å²) in [5.41, 5.74) is 6.04. The number of hydrogen-bond donors (Lipinski definition) is 3. The van der Waals surface area contributed by atoms with E-state index in [1.165, 1.54) is 0 Å². The smallest absolute Gasteiger partial charge is 0.249 e. The first kappa shape index (κ1) is 17.5. The summed E-state index contributed by atoms with van der Waals surface area (Å²) >= 11 is 5.96. The molecule has 21 heavy (non-hydrogen) atoms. The molecular formula is C15H22ClN3O2. The highest BCUT2D eigenvalue weighted by molar-refractivity contribution is 6.31. The average molecular weight is 312 g/mol. The molecule has 0 heterocycles. The second kappa shape index (κ2) is 8.00. The van der Waals surface area contributed by atoms with E-state index in [2.05, 4.69) is 10.6 Å². The van der Waals surface area contributed by atoms with E-state index in [4.69, 9.17) is 17.3 Å². The van der Waals surface area contributed by atoms with E-state index >= 15 is 0 Å². The molecule has 0 aromatic heterocycles. The largest absolute Gasteiger partial charge is 0.345 e. The SMILES string of the molecule is Cc1cc(NC(=O)C(C)(CCCCN)NC=O)ccc1Cl. The van der Waals surface area contributed by atoms with Gasteiger partial charge in [-0.1, -0.05) is 11.6 Å². The Hall–Kier alpha value is -1.59. The lowest BCUT2D eigenvalue weighted by molar-refractivity contribution is -0.125. The number of unbranched alkanes of at least 4 members (excludes halogenated alkanes) is 1. The first-order valence-electron chi connectivity index (χ1n) is 6.92. The molecule has 0 fully saturated rings. The van der Waals surface area contributed by atoms with Crippen molar-refractivity contribution < 1.29 is 9.59 Å². The zero-order chi connectivity index (χ0) is 15.9. The van der Waals surface area contributed by atoms with Gasteiger partial charge in [-0.05, 0) is 63.4 Å². The van der Waals surface area contributed by atoms with Crippen LogP contribution in [0, 0.1) is 6.92 Å². The Morgan fingerprint density at radius 1 is 1.43 bits per heavy atom. The number of aryl methyl sites for hydroxylation is 1. The third-order valence-corrected chi connectivity index (χ3v) is 3.85. The normalized spacial score (nSPS) is 13.3. The van der Waals surface area contributed by atoms with E-state index in [0.717, 1.165) is 18.4 Å². The van der Waals surface area contributed by atoms with Crippen LogP contribution < -0.4 is 16.4 Å². The van der Waals surface area contributed by atoms with Crippen molar-refractivity contribution in [3.8, 4) is 0 Å². The summed E-state index contributed by atoms with van der Waals surface area (Å²) < 4.78 is 0. The standard InChI is InChI=1S/C15H22ClN3O2/c1-11-9-12(5-6-13(11)16)19-14(21)15(2,18-10-20)7-3-4-8-17/h5-6,9-10H,3-4,7-8,17H2,1-2H3,(H,18,20)(H,19,21). The van der Waals surface area contributed by atoms with Gasteiger partial charge < -0.3 is 16.4 Å². The van der Waals surface area contributed by atoms with Gasteiger partial charge in [-0.3, -0.25) is 9.59 Å². The van der Waals surface area contributed by atoms with Crippen molar-refractivity contribution >= 4 is 29.6 Å². The van der Waals surface area contributed by atoms with Crippen LogP contribution in [0.15, 0.2) is 18.2 Å². The Kier molecular flexibility index (Phi) is 6.65. The first-order chi connectivity index (χ1) is 9.92. The van der Waals surface area contributed by atoms with Crippen molar-refractivity contribution in [3.63, 3.8) is 0 Å². The van der Waals surface area contributed by atoms with Gasteiger partial charge in [0.1, 0.15) is 5.54 Å². The Labute approximate surface area is 130 Å². The molecule has 0 spiro atoms. The van der Waals surface area contributed by atoms with Crippen LogP contribution in [0.2, 0.25) is 5.02 Å². The molecule has 0 aliphatic rings.